The van der Waals surface area contributed by atoms with Gasteiger partial charge in [-0.25, -0.2) is 14.2 Å². The van der Waals surface area contributed by atoms with Crippen molar-refractivity contribution in [3.63, 3.8) is 0 Å². The first-order valence-electron chi connectivity index (χ1n) is 11.6. The number of aromatic amines is 1. The number of halogens is 2. The number of nitrogens with zero attached hydrogens (tertiary/aromatic N) is 8. The third-order valence-electron chi connectivity index (χ3n) is 6.67. The fourth-order valence-electron chi connectivity index (χ4n) is 4.82. The number of fused-ring (bicyclic) bond motifs is 2. The molecule has 6 heterocycles. The summed E-state index contributed by atoms with van der Waals surface area (Å²) in [4.78, 5) is 22.9. The third-order valence-corrected chi connectivity index (χ3v) is 6.67. The number of carbonyl (C=O) groups excluding carboxylic acids is 1. The molecule has 0 radical (unpaired) electrons. The Balaban J connectivity index is 1.26. The van der Waals surface area contributed by atoms with Crippen LogP contribution in [0.1, 0.15) is 64.7 Å². The zero-order valence-electron chi connectivity index (χ0n) is 18.8. The van der Waals surface area contributed by atoms with Crippen LogP contribution in [0.5, 0.6) is 0 Å². The number of aromatic nitrogens is 8. The number of hydrogen-bond acceptors (Lipinski definition) is 7. The van der Waals surface area contributed by atoms with Gasteiger partial charge in [-0.05, 0) is 42.5 Å². The summed E-state index contributed by atoms with van der Waals surface area (Å²) < 4.78 is 33.6. The number of pyridine rings is 1. The van der Waals surface area contributed by atoms with Gasteiger partial charge in [0.1, 0.15) is 11.7 Å². The first-order valence-corrected chi connectivity index (χ1v) is 11.6. The van der Waals surface area contributed by atoms with Crippen LogP contribution in [0.3, 0.4) is 0 Å². The molecule has 36 heavy (non-hydrogen) atoms. The Kier molecular flexibility index (Phi) is 4.53. The molecule has 5 aromatic rings. The second kappa shape index (κ2) is 7.80. The van der Waals surface area contributed by atoms with Crippen LogP contribution in [0.4, 0.5) is 8.78 Å². The number of rotatable bonds is 5. The van der Waals surface area contributed by atoms with Gasteiger partial charge in [-0.1, -0.05) is 6.07 Å². The van der Waals surface area contributed by atoms with E-state index < -0.39 is 18.5 Å². The van der Waals surface area contributed by atoms with Crippen LogP contribution in [0.2, 0.25) is 0 Å². The Morgan fingerprint density at radius 1 is 1.17 bits per heavy atom. The number of amides is 1. The van der Waals surface area contributed by atoms with E-state index in [1.54, 1.807) is 11.2 Å². The molecular weight excluding hydrogens is 472 g/mol. The molecule has 1 saturated carbocycles. The number of imidazole rings is 1. The van der Waals surface area contributed by atoms with Crippen LogP contribution >= 0.6 is 0 Å². The van der Waals surface area contributed by atoms with Crippen LogP contribution < -0.4 is 0 Å². The fraction of sp³-hybridized carbons (Fsp3) is 0.304. The highest BCUT2D eigenvalue weighted by Crippen LogP contribution is 2.43. The van der Waals surface area contributed by atoms with Gasteiger partial charge >= 0.3 is 18.3 Å². The summed E-state index contributed by atoms with van der Waals surface area (Å²) in [7, 11) is 0. The maximum atomic E-state index is 13.6. The monoisotopic (exact) mass is 491 g/mol. The predicted molar refractivity (Wildman–Crippen MR) is 119 cm³/mol. The van der Waals surface area contributed by atoms with Gasteiger partial charge in [-0.15, -0.1) is 10.2 Å². The minimum atomic E-state index is -2.80. The topological polar surface area (TPSA) is 123 Å². The number of nitrogens with one attached hydrogen (secondary N) is 1. The normalized spacial score (nSPS) is 17.8. The Labute approximate surface area is 201 Å². The summed E-state index contributed by atoms with van der Waals surface area (Å²) in [5.74, 6) is -0.342. The molecule has 0 saturated heterocycles. The average molecular weight is 491 g/mol. The second-order valence-electron chi connectivity index (χ2n) is 8.93. The largest absolute Gasteiger partial charge is 0.411 e. The third kappa shape index (κ3) is 3.30. The van der Waals surface area contributed by atoms with E-state index in [1.807, 2.05) is 22.8 Å². The highest BCUT2D eigenvalue weighted by Gasteiger charge is 2.38. The minimum absolute atomic E-state index is 0.0552. The summed E-state index contributed by atoms with van der Waals surface area (Å²) in [6, 6.07) is 6.88. The first kappa shape index (κ1) is 20.9. The molecule has 1 fully saturated rings. The Bertz CT molecular complexity index is 1600. The predicted octanol–water partition coefficient (Wildman–Crippen LogP) is 3.36. The molecule has 11 nitrogen and oxygen atoms in total. The lowest BCUT2D eigenvalue weighted by molar-refractivity contribution is 0.0566. The van der Waals surface area contributed by atoms with E-state index >= 15 is 0 Å². The molecule has 2 aliphatic rings. The molecule has 7 rings (SSSR count). The van der Waals surface area contributed by atoms with Gasteiger partial charge in [0.15, 0.2) is 0 Å². The lowest BCUT2D eigenvalue weighted by atomic mass is 9.99. The molecule has 0 spiro atoms. The van der Waals surface area contributed by atoms with Crippen LogP contribution in [-0.2, 0) is 6.42 Å². The maximum Gasteiger partial charge on any atom is 0.333 e. The van der Waals surface area contributed by atoms with Crippen molar-refractivity contribution in [2.45, 2.75) is 37.8 Å². The molecule has 0 bridgehead atoms. The lowest BCUT2D eigenvalue weighted by Crippen LogP contribution is -2.41. The minimum Gasteiger partial charge on any atom is -0.411 e. The Morgan fingerprint density at radius 3 is 2.86 bits per heavy atom. The molecule has 1 aliphatic heterocycles. The SMILES string of the molecule is O=C(c1nnc(-c2ccn(C(F)F)n2)o1)N1CCc2[nH]cnc2[C@H]1c1cc2c(C3CC3)cccn2n1. The van der Waals surface area contributed by atoms with Crippen molar-refractivity contribution < 1.29 is 18.0 Å². The van der Waals surface area contributed by atoms with E-state index in [1.165, 1.54) is 11.6 Å². The molecule has 182 valence electrons. The summed E-state index contributed by atoms with van der Waals surface area (Å²) in [6.07, 6.45) is 7.50. The second-order valence-corrected chi connectivity index (χ2v) is 8.93. The zero-order chi connectivity index (χ0) is 24.4. The Morgan fingerprint density at radius 2 is 2.06 bits per heavy atom. The van der Waals surface area contributed by atoms with Gasteiger partial charge in [-0.3, -0.25) is 4.79 Å². The van der Waals surface area contributed by atoms with E-state index in [0.29, 0.717) is 35.0 Å². The van der Waals surface area contributed by atoms with E-state index in [2.05, 4.69) is 31.3 Å². The van der Waals surface area contributed by atoms with Crippen molar-refractivity contribution in [2.75, 3.05) is 6.54 Å². The molecule has 13 heteroatoms. The van der Waals surface area contributed by atoms with Crippen molar-refractivity contribution in [2.24, 2.45) is 0 Å². The quantitative estimate of drug-likeness (QED) is 0.400. The van der Waals surface area contributed by atoms with Gasteiger partial charge in [0, 0.05) is 31.1 Å². The molecular formula is C23H19F2N9O2. The first-order chi connectivity index (χ1) is 17.6. The Hall–Kier alpha value is -4.42. The molecule has 0 unspecified atom stereocenters. The highest BCUT2D eigenvalue weighted by molar-refractivity contribution is 5.90. The van der Waals surface area contributed by atoms with Gasteiger partial charge in [-0.2, -0.15) is 19.0 Å². The van der Waals surface area contributed by atoms with Gasteiger partial charge < -0.3 is 14.3 Å². The highest BCUT2D eigenvalue weighted by atomic mass is 19.3. The van der Waals surface area contributed by atoms with Crippen molar-refractivity contribution >= 4 is 11.4 Å². The number of carbonyl (C=O) groups is 1. The summed E-state index contributed by atoms with van der Waals surface area (Å²) in [6.45, 7) is -2.43. The van der Waals surface area contributed by atoms with Gasteiger partial charge in [0.05, 0.1) is 23.2 Å². The molecule has 5 aromatic heterocycles. The molecule has 0 aromatic carbocycles. The molecule has 1 aliphatic carbocycles. The van der Waals surface area contributed by atoms with E-state index in [9.17, 15) is 13.6 Å². The lowest BCUT2D eigenvalue weighted by Gasteiger charge is -2.32. The van der Waals surface area contributed by atoms with E-state index in [4.69, 9.17) is 9.52 Å². The van der Waals surface area contributed by atoms with Crippen molar-refractivity contribution in [1.29, 1.82) is 0 Å². The van der Waals surface area contributed by atoms with Crippen LogP contribution in [0.15, 0.2) is 47.4 Å². The van der Waals surface area contributed by atoms with Gasteiger partial charge in [0.25, 0.3) is 5.89 Å². The van der Waals surface area contributed by atoms with Gasteiger partial charge in [0.2, 0.25) is 0 Å². The van der Waals surface area contributed by atoms with Crippen molar-refractivity contribution in [3.05, 3.63) is 71.5 Å². The molecule has 1 atom stereocenters. The zero-order valence-corrected chi connectivity index (χ0v) is 18.8. The fourth-order valence-corrected chi connectivity index (χ4v) is 4.82. The summed E-state index contributed by atoms with van der Waals surface area (Å²) >= 11 is 0. The summed E-state index contributed by atoms with van der Waals surface area (Å²) in [5.41, 5.74) is 4.64. The van der Waals surface area contributed by atoms with E-state index in [0.717, 1.165) is 30.2 Å². The summed E-state index contributed by atoms with van der Waals surface area (Å²) in [5, 5.41) is 16.3. The van der Waals surface area contributed by atoms with Crippen LogP contribution in [0, 0.1) is 0 Å². The average Bonchev–Trinajstić information content (AvgIpc) is 3.34. The van der Waals surface area contributed by atoms with Crippen LogP contribution in [0.25, 0.3) is 17.1 Å². The number of H-pyrrole nitrogens is 1. The number of hydrogen-bond donors (Lipinski definition) is 1. The van der Waals surface area contributed by atoms with E-state index in [-0.39, 0.29) is 17.5 Å². The van der Waals surface area contributed by atoms with Crippen LogP contribution in [-0.4, -0.2) is 56.9 Å². The van der Waals surface area contributed by atoms with Crippen molar-refractivity contribution in [3.8, 4) is 11.6 Å². The molecule has 1 N–H and O–H groups in total. The number of alkyl halides is 2. The van der Waals surface area contributed by atoms with Crippen molar-refractivity contribution in [1.82, 2.24) is 44.5 Å². The molecule has 1 amide bonds. The smallest absolute Gasteiger partial charge is 0.333 e. The standard InChI is InChI=1S/C23H19F2N9O2/c24-23(25)34-9-6-15(30-34)20-28-29-21(36-20)22(35)32-8-5-14-18(27-11-26-14)19(32)16-10-17-13(12-3-4-12)2-1-7-33(17)31-16/h1-2,6-7,9-12,19,23H,3-5,8H2,(H,26,27)/t19-/m1/s1. The maximum absolute atomic E-state index is 13.6.